The van der Waals surface area contributed by atoms with Crippen LogP contribution in [-0.4, -0.2) is 25.6 Å². The second kappa shape index (κ2) is 15.3. The molecule has 0 radical (unpaired) electrons. The fraction of sp³-hybridized carbons (Fsp3) is 0.938. The van der Waals surface area contributed by atoms with Crippen molar-refractivity contribution in [3.63, 3.8) is 0 Å². The summed E-state index contributed by atoms with van der Waals surface area (Å²) < 4.78 is 0. The van der Waals surface area contributed by atoms with Gasteiger partial charge in [0.15, 0.2) is 5.96 Å². The maximum atomic E-state index is 4.65. The highest BCUT2D eigenvalue weighted by Gasteiger charge is 1.97. The Balaban J connectivity index is 3.84. The van der Waals surface area contributed by atoms with Gasteiger partial charge >= 0.3 is 0 Å². The molecule has 0 fully saturated rings. The van der Waals surface area contributed by atoms with Crippen LogP contribution in [0, 0.1) is 0 Å². The van der Waals surface area contributed by atoms with Crippen molar-refractivity contribution in [3.8, 4) is 0 Å². The van der Waals surface area contributed by atoms with Gasteiger partial charge in [-0.3, -0.25) is 4.99 Å². The van der Waals surface area contributed by atoms with Crippen molar-refractivity contribution in [1.82, 2.24) is 10.6 Å². The Morgan fingerprint density at radius 2 is 1.16 bits per heavy atom. The number of rotatable bonds is 12. The molecule has 0 saturated carbocycles. The Bertz CT molecular complexity index is 188. The average Bonchev–Trinajstić information content (AvgIpc) is 2.43. The van der Waals surface area contributed by atoms with Gasteiger partial charge in [-0.1, -0.05) is 59.3 Å². The van der Waals surface area contributed by atoms with E-state index in [0.29, 0.717) is 0 Å². The summed E-state index contributed by atoms with van der Waals surface area (Å²) in [5.41, 5.74) is 0. The van der Waals surface area contributed by atoms with Crippen molar-refractivity contribution in [1.29, 1.82) is 0 Å². The summed E-state index contributed by atoms with van der Waals surface area (Å²) in [5, 5.41) is 6.89. The van der Waals surface area contributed by atoms with Gasteiger partial charge in [0.05, 0.1) is 0 Å². The fourth-order valence-corrected chi connectivity index (χ4v) is 1.89. The van der Waals surface area contributed by atoms with Crippen LogP contribution in [0.25, 0.3) is 0 Å². The first kappa shape index (κ1) is 18.3. The molecule has 0 aliphatic carbocycles. The predicted molar refractivity (Wildman–Crippen MR) is 86.9 cm³/mol. The summed E-state index contributed by atoms with van der Waals surface area (Å²) >= 11 is 0. The molecule has 0 aromatic rings. The molecule has 0 heterocycles. The van der Waals surface area contributed by atoms with Crippen molar-refractivity contribution in [2.45, 2.75) is 78.6 Å². The molecular formula is C16H35N3. The zero-order valence-corrected chi connectivity index (χ0v) is 13.4. The van der Waals surface area contributed by atoms with Crippen LogP contribution >= 0.6 is 0 Å². The number of nitrogens with one attached hydrogen (secondary N) is 2. The molecule has 3 heteroatoms. The van der Waals surface area contributed by atoms with Gasteiger partial charge in [-0.15, -0.1) is 0 Å². The molecule has 0 saturated heterocycles. The lowest BCUT2D eigenvalue weighted by atomic mass is 10.2. The molecule has 0 amide bonds. The van der Waals surface area contributed by atoms with E-state index >= 15 is 0 Å². The van der Waals surface area contributed by atoms with Crippen molar-refractivity contribution >= 4 is 5.96 Å². The Morgan fingerprint density at radius 3 is 1.63 bits per heavy atom. The van der Waals surface area contributed by atoms with Gasteiger partial charge in [0, 0.05) is 19.6 Å². The van der Waals surface area contributed by atoms with E-state index in [1.54, 1.807) is 0 Å². The van der Waals surface area contributed by atoms with Gasteiger partial charge in [-0.25, -0.2) is 0 Å². The Morgan fingerprint density at radius 1 is 0.684 bits per heavy atom. The third-order valence-corrected chi connectivity index (χ3v) is 3.18. The Hall–Kier alpha value is -0.730. The topological polar surface area (TPSA) is 36.4 Å². The van der Waals surface area contributed by atoms with Crippen LogP contribution in [0.4, 0.5) is 0 Å². The maximum absolute atomic E-state index is 4.65. The Kier molecular flexibility index (Phi) is 14.7. The summed E-state index contributed by atoms with van der Waals surface area (Å²) in [6, 6.07) is 0. The molecule has 114 valence electrons. The van der Waals surface area contributed by atoms with E-state index in [0.717, 1.165) is 25.6 Å². The van der Waals surface area contributed by atoms with Gasteiger partial charge in [0.2, 0.25) is 0 Å². The third-order valence-electron chi connectivity index (χ3n) is 3.18. The predicted octanol–water partition coefficient (Wildman–Crippen LogP) is 4.09. The Labute approximate surface area is 120 Å². The van der Waals surface area contributed by atoms with Gasteiger partial charge in [-0.05, 0) is 19.3 Å². The van der Waals surface area contributed by atoms with Crippen LogP contribution in [-0.2, 0) is 0 Å². The molecular weight excluding hydrogens is 234 g/mol. The van der Waals surface area contributed by atoms with Crippen LogP contribution in [0.5, 0.6) is 0 Å². The number of hydrogen-bond donors (Lipinski definition) is 2. The zero-order chi connectivity index (χ0) is 14.2. The van der Waals surface area contributed by atoms with Gasteiger partial charge in [-0.2, -0.15) is 0 Å². The standard InChI is InChI=1S/C16H35N3/c1-4-7-10-13-17-16(18-14-11-8-5-2)19-15-12-9-6-3/h4-15H2,1-3H3,(H2,17,18,19). The first-order chi connectivity index (χ1) is 9.35. The molecule has 0 bridgehead atoms. The summed E-state index contributed by atoms with van der Waals surface area (Å²) in [5.74, 6) is 1.02. The van der Waals surface area contributed by atoms with E-state index in [4.69, 9.17) is 0 Å². The number of guanidine groups is 1. The lowest BCUT2D eigenvalue weighted by Gasteiger charge is -2.12. The summed E-state index contributed by atoms with van der Waals surface area (Å²) in [6.45, 7) is 9.75. The molecule has 0 atom stereocenters. The zero-order valence-electron chi connectivity index (χ0n) is 13.4. The number of hydrogen-bond acceptors (Lipinski definition) is 1. The van der Waals surface area contributed by atoms with E-state index < -0.39 is 0 Å². The molecule has 0 aliphatic rings. The van der Waals surface area contributed by atoms with Crippen molar-refractivity contribution < 1.29 is 0 Å². The second-order valence-electron chi connectivity index (χ2n) is 5.21. The molecule has 0 unspecified atom stereocenters. The summed E-state index contributed by atoms with van der Waals surface area (Å²) in [4.78, 5) is 4.65. The van der Waals surface area contributed by atoms with Crippen LogP contribution in [0.2, 0.25) is 0 Å². The van der Waals surface area contributed by atoms with Crippen molar-refractivity contribution in [2.75, 3.05) is 19.6 Å². The SMILES string of the molecule is CCCCCN=C(NCCCCC)NCCCCC. The minimum absolute atomic E-state index is 0.949. The highest BCUT2D eigenvalue weighted by atomic mass is 15.2. The van der Waals surface area contributed by atoms with E-state index in [1.165, 1.54) is 57.8 Å². The second-order valence-corrected chi connectivity index (χ2v) is 5.21. The quantitative estimate of drug-likeness (QED) is 0.318. The number of aliphatic imine (C=N–C) groups is 1. The summed E-state index contributed by atoms with van der Waals surface area (Å²) in [7, 11) is 0. The van der Waals surface area contributed by atoms with Crippen LogP contribution in [0.1, 0.15) is 78.6 Å². The van der Waals surface area contributed by atoms with Gasteiger partial charge in [0.25, 0.3) is 0 Å². The van der Waals surface area contributed by atoms with Crippen LogP contribution in [0.15, 0.2) is 4.99 Å². The van der Waals surface area contributed by atoms with E-state index in [-0.39, 0.29) is 0 Å². The van der Waals surface area contributed by atoms with E-state index in [1.807, 2.05) is 0 Å². The van der Waals surface area contributed by atoms with E-state index in [2.05, 4.69) is 36.4 Å². The lowest BCUT2D eigenvalue weighted by molar-refractivity contribution is 0.655. The molecule has 3 nitrogen and oxygen atoms in total. The van der Waals surface area contributed by atoms with E-state index in [9.17, 15) is 0 Å². The normalized spacial score (nSPS) is 10.3. The number of nitrogens with zero attached hydrogens (tertiary/aromatic N) is 1. The molecule has 0 aromatic carbocycles. The molecule has 0 aliphatic heterocycles. The maximum Gasteiger partial charge on any atom is 0.191 e. The fourth-order valence-electron chi connectivity index (χ4n) is 1.89. The van der Waals surface area contributed by atoms with Crippen LogP contribution in [0.3, 0.4) is 0 Å². The highest BCUT2D eigenvalue weighted by Crippen LogP contribution is 1.95. The molecule has 0 rings (SSSR count). The smallest absolute Gasteiger partial charge is 0.191 e. The molecule has 2 N–H and O–H groups in total. The molecule has 0 aromatic heterocycles. The minimum Gasteiger partial charge on any atom is -0.356 e. The van der Waals surface area contributed by atoms with Gasteiger partial charge in [0.1, 0.15) is 0 Å². The summed E-state index contributed by atoms with van der Waals surface area (Å²) in [6.07, 6.45) is 11.4. The first-order valence-corrected chi connectivity index (χ1v) is 8.37. The molecule has 19 heavy (non-hydrogen) atoms. The average molecular weight is 269 g/mol. The highest BCUT2D eigenvalue weighted by molar-refractivity contribution is 5.79. The molecule has 0 spiro atoms. The minimum atomic E-state index is 0.949. The third kappa shape index (κ3) is 13.5. The van der Waals surface area contributed by atoms with Gasteiger partial charge < -0.3 is 10.6 Å². The van der Waals surface area contributed by atoms with Crippen LogP contribution < -0.4 is 10.6 Å². The van der Waals surface area contributed by atoms with Crippen molar-refractivity contribution in [3.05, 3.63) is 0 Å². The monoisotopic (exact) mass is 269 g/mol. The largest absolute Gasteiger partial charge is 0.356 e. The van der Waals surface area contributed by atoms with Crippen molar-refractivity contribution in [2.24, 2.45) is 4.99 Å². The number of unbranched alkanes of at least 4 members (excludes halogenated alkanes) is 6. The lowest BCUT2D eigenvalue weighted by Crippen LogP contribution is -2.38. The first-order valence-electron chi connectivity index (χ1n) is 8.37.